The van der Waals surface area contributed by atoms with Gasteiger partial charge in [0.05, 0.1) is 11.5 Å². The summed E-state index contributed by atoms with van der Waals surface area (Å²) in [4.78, 5) is 14.7. The summed E-state index contributed by atoms with van der Waals surface area (Å²) in [6.07, 6.45) is 0.872. The number of carbonyl (C=O) groups excluding carboxylic acids is 1. The number of methoxy groups -OCH3 is 1. The van der Waals surface area contributed by atoms with Gasteiger partial charge in [-0.2, -0.15) is 0 Å². The van der Waals surface area contributed by atoms with Crippen LogP contribution in [-0.4, -0.2) is 58.6 Å². The lowest BCUT2D eigenvalue weighted by atomic mass is 10.2. The van der Waals surface area contributed by atoms with E-state index in [1.54, 1.807) is 17.0 Å². The molecule has 1 heterocycles. The monoisotopic (exact) mass is 403 g/mol. The van der Waals surface area contributed by atoms with Gasteiger partial charge in [0.1, 0.15) is 0 Å². The van der Waals surface area contributed by atoms with Gasteiger partial charge in [0.15, 0.2) is 0 Å². The molecule has 1 aliphatic heterocycles. The molecule has 1 aliphatic rings. The van der Waals surface area contributed by atoms with Crippen molar-refractivity contribution in [1.29, 1.82) is 0 Å². The van der Waals surface area contributed by atoms with Crippen LogP contribution in [0.1, 0.15) is 16.8 Å². The maximum absolute atomic E-state index is 12.7. The van der Waals surface area contributed by atoms with E-state index in [-0.39, 0.29) is 23.4 Å². The van der Waals surface area contributed by atoms with Gasteiger partial charge >= 0.3 is 0 Å². The first-order valence-corrected chi connectivity index (χ1v) is 10.7. The molecule has 0 aromatic heterocycles. The highest BCUT2D eigenvalue weighted by atomic mass is 32.2. The molecule has 0 saturated carbocycles. The minimum Gasteiger partial charge on any atom is -0.383 e. The third-order valence-corrected chi connectivity index (χ3v) is 6.11. The van der Waals surface area contributed by atoms with E-state index in [2.05, 4.69) is 10.0 Å². The Balaban J connectivity index is 1.59. The number of carbonyl (C=O) groups is 1. The van der Waals surface area contributed by atoms with Crippen LogP contribution in [0.25, 0.3) is 0 Å². The summed E-state index contributed by atoms with van der Waals surface area (Å²) < 4.78 is 31.7. The number of rotatable bonds is 8. The van der Waals surface area contributed by atoms with Crippen molar-refractivity contribution in [1.82, 2.24) is 9.62 Å². The highest BCUT2D eigenvalue weighted by molar-refractivity contribution is 7.89. The molecule has 1 atom stereocenters. The van der Waals surface area contributed by atoms with Gasteiger partial charge < -0.3 is 15.0 Å². The van der Waals surface area contributed by atoms with Crippen LogP contribution in [0.3, 0.4) is 0 Å². The predicted molar refractivity (Wildman–Crippen MR) is 108 cm³/mol. The van der Waals surface area contributed by atoms with Crippen molar-refractivity contribution in [2.24, 2.45) is 0 Å². The maximum Gasteiger partial charge on any atom is 0.253 e. The van der Waals surface area contributed by atoms with Crippen molar-refractivity contribution in [2.75, 3.05) is 38.7 Å². The lowest BCUT2D eigenvalue weighted by molar-refractivity contribution is 0.0791. The van der Waals surface area contributed by atoms with Crippen LogP contribution in [0.2, 0.25) is 0 Å². The molecule has 0 radical (unpaired) electrons. The first-order valence-electron chi connectivity index (χ1n) is 9.19. The topological polar surface area (TPSA) is 87.7 Å². The minimum absolute atomic E-state index is 0.0892. The standard InChI is InChI=1S/C20H25N3O4S/c1-27-14-12-21-28(25,26)19-9-7-16(8-10-19)20(24)23-13-11-18(15-23)22-17-5-3-2-4-6-17/h2-10,18,21-22H,11-15H2,1H3. The lowest BCUT2D eigenvalue weighted by Crippen LogP contribution is -2.31. The average Bonchev–Trinajstić information content (AvgIpc) is 3.17. The highest BCUT2D eigenvalue weighted by Crippen LogP contribution is 2.19. The number of para-hydroxylation sites is 1. The molecule has 2 aromatic carbocycles. The Hall–Kier alpha value is -2.42. The van der Waals surface area contributed by atoms with E-state index in [4.69, 9.17) is 4.74 Å². The summed E-state index contributed by atoms with van der Waals surface area (Å²) in [5, 5.41) is 3.44. The second-order valence-electron chi connectivity index (χ2n) is 6.66. The van der Waals surface area contributed by atoms with Crippen LogP contribution in [-0.2, 0) is 14.8 Å². The number of amides is 1. The molecule has 2 N–H and O–H groups in total. The largest absolute Gasteiger partial charge is 0.383 e. The quantitative estimate of drug-likeness (QED) is 0.658. The fourth-order valence-electron chi connectivity index (χ4n) is 3.15. The molecule has 150 valence electrons. The van der Waals surface area contributed by atoms with Gasteiger partial charge in [-0.05, 0) is 42.8 Å². The molecule has 3 rings (SSSR count). The van der Waals surface area contributed by atoms with Crippen molar-refractivity contribution < 1.29 is 17.9 Å². The molecule has 0 aliphatic carbocycles. The molecular weight excluding hydrogens is 378 g/mol. The second-order valence-corrected chi connectivity index (χ2v) is 8.43. The van der Waals surface area contributed by atoms with E-state index < -0.39 is 10.0 Å². The summed E-state index contributed by atoms with van der Waals surface area (Å²) >= 11 is 0. The molecule has 1 amide bonds. The molecule has 28 heavy (non-hydrogen) atoms. The molecular formula is C20H25N3O4S. The van der Waals surface area contributed by atoms with Gasteiger partial charge in [-0.25, -0.2) is 13.1 Å². The minimum atomic E-state index is -3.60. The van der Waals surface area contributed by atoms with Crippen molar-refractivity contribution >= 4 is 21.6 Å². The lowest BCUT2D eigenvalue weighted by Gasteiger charge is -2.18. The number of anilines is 1. The Morgan fingerprint density at radius 3 is 2.54 bits per heavy atom. The number of likely N-dealkylation sites (tertiary alicyclic amines) is 1. The molecule has 1 saturated heterocycles. The van der Waals surface area contributed by atoms with Crippen molar-refractivity contribution in [3.05, 3.63) is 60.2 Å². The Bertz CT molecular complexity index is 885. The van der Waals surface area contributed by atoms with E-state index in [0.29, 0.717) is 25.3 Å². The normalized spacial score (nSPS) is 16.9. The van der Waals surface area contributed by atoms with Crippen LogP contribution in [0.5, 0.6) is 0 Å². The zero-order valence-electron chi connectivity index (χ0n) is 15.8. The number of ether oxygens (including phenoxy) is 1. The number of nitrogens with one attached hydrogen (secondary N) is 2. The van der Waals surface area contributed by atoms with Crippen LogP contribution in [0.15, 0.2) is 59.5 Å². The predicted octanol–water partition coefficient (Wildman–Crippen LogP) is 1.94. The van der Waals surface area contributed by atoms with Crippen LogP contribution in [0, 0.1) is 0 Å². The van der Waals surface area contributed by atoms with Gasteiger partial charge in [0, 0.05) is 44.0 Å². The third kappa shape index (κ3) is 5.09. The van der Waals surface area contributed by atoms with E-state index >= 15 is 0 Å². The number of hydrogen-bond acceptors (Lipinski definition) is 5. The Kier molecular flexibility index (Phi) is 6.66. The van der Waals surface area contributed by atoms with Crippen LogP contribution >= 0.6 is 0 Å². The summed E-state index contributed by atoms with van der Waals surface area (Å²) in [6.45, 7) is 1.78. The highest BCUT2D eigenvalue weighted by Gasteiger charge is 2.27. The molecule has 1 unspecified atom stereocenters. The fourth-order valence-corrected chi connectivity index (χ4v) is 4.17. The van der Waals surface area contributed by atoms with Gasteiger partial charge in [0.25, 0.3) is 5.91 Å². The zero-order valence-corrected chi connectivity index (χ0v) is 16.6. The number of hydrogen-bond donors (Lipinski definition) is 2. The van der Waals surface area contributed by atoms with Crippen molar-refractivity contribution in [3.63, 3.8) is 0 Å². The van der Waals surface area contributed by atoms with Gasteiger partial charge in [-0.1, -0.05) is 18.2 Å². The number of sulfonamides is 1. The smallest absolute Gasteiger partial charge is 0.253 e. The maximum atomic E-state index is 12.7. The molecule has 2 aromatic rings. The van der Waals surface area contributed by atoms with Crippen molar-refractivity contribution in [3.8, 4) is 0 Å². The van der Waals surface area contributed by atoms with Crippen molar-refractivity contribution in [2.45, 2.75) is 17.4 Å². The van der Waals surface area contributed by atoms with E-state index in [9.17, 15) is 13.2 Å². The molecule has 7 nitrogen and oxygen atoms in total. The number of benzene rings is 2. The first kappa shape index (κ1) is 20.3. The molecule has 1 fully saturated rings. The first-order chi connectivity index (χ1) is 13.5. The number of nitrogens with zero attached hydrogens (tertiary/aromatic N) is 1. The molecule has 0 spiro atoms. The molecule has 8 heteroatoms. The summed E-state index contributed by atoms with van der Waals surface area (Å²) in [6, 6.07) is 16.2. The Morgan fingerprint density at radius 2 is 1.86 bits per heavy atom. The summed E-state index contributed by atoms with van der Waals surface area (Å²) in [5.74, 6) is -0.0892. The van der Waals surface area contributed by atoms with Gasteiger partial charge in [-0.15, -0.1) is 0 Å². The van der Waals surface area contributed by atoms with Crippen LogP contribution in [0.4, 0.5) is 5.69 Å². The fraction of sp³-hybridized carbons (Fsp3) is 0.350. The Labute approximate surface area is 165 Å². The summed E-state index contributed by atoms with van der Waals surface area (Å²) in [7, 11) is -2.10. The molecule has 0 bridgehead atoms. The SMILES string of the molecule is COCCNS(=O)(=O)c1ccc(C(=O)N2CCC(Nc3ccccc3)C2)cc1. The van der Waals surface area contributed by atoms with Gasteiger partial charge in [-0.3, -0.25) is 4.79 Å². The van der Waals surface area contributed by atoms with Gasteiger partial charge in [0.2, 0.25) is 10.0 Å². The van der Waals surface area contributed by atoms with E-state index in [0.717, 1.165) is 12.1 Å². The summed E-state index contributed by atoms with van der Waals surface area (Å²) in [5.41, 5.74) is 1.52. The van der Waals surface area contributed by atoms with E-state index in [1.807, 2.05) is 30.3 Å². The second kappa shape index (κ2) is 9.18. The zero-order chi connectivity index (χ0) is 20.0. The third-order valence-electron chi connectivity index (χ3n) is 4.63. The average molecular weight is 404 g/mol. The van der Waals surface area contributed by atoms with E-state index in [1.165, 1.54) is 19.2 Å². The van der Waals surface area contributed by atoms with Crippen LogP contribution < -0.4 is 10.0 Å². The Morgan fingerprint density at radius 1 is 1.14 bits per heavy atom.